The molecule has 0 saturated carbocycles. The van der Waals surface area contributed by atoms with Crippen molar-refractivity contribution in [1.82, 2.24) is 4.98 Å². The number of aromatic nitrogens is 1. The van der Waals surface area contributed by atoms with E-state index in [0.29, 0.717) is 19.1 Å². The quantitative estimate of drug-likeness (QED) is 0.501. The minimum atomic E-state index is -1.27. The van der Waals surface area contributed by atoms with Gasteiger partial charge in [0.05, 0.1) is 26.0 Å². The molecule has 0 bridgehead atoms. The van der Waals surface area contributed by atoms with E-state index in [1.165, 1.54) is 18.2 Å². The third-order valence-electron chi connectivity index (χ3n) is 5.67. The van der Waals surface area contributed by atoms with Crippen molar-refractivity contribution in [3.63, 3.8) is 0 Å². The highest BCUT2D eigenvalue weighted by atomic mass is 16.7. The molecule has 29 heavy (non-hydrogen) atoms. The number of hydrogen-bond donors (Lipinski definition) is 0. The Morgan fingerprint density at radius 1 is 1.17 bits per heavy atom. The van der Waals surface area contributed by atoms with Crippen molar-refractivity contribution in [1.29, 1.82) is 0 Å². The molecule has 6 nitrogen and oxygen atoms in total. The molecule has 0 spiro atoms. The zero-order valence-electron chi connectivity index (χ0n) is 18.0. The van der Waals surface area contributed by atoms with Crippen LogP contribution < -0.4 is 0 Å². The Labute approximate surface area is 172 Å². The average molecular weight is 402 g/mol. The zero-order chi connectivity index (χ0) is 21.0. The monoisotopic (exact) mass is 401 g/mol. The summed E-state index contributed by atoms with van der Waals surface area (Å²) in [4.78, 5) is 16.4. The maximum atomic E-state index is 11.7. The van der Waals surface area contributed by atoms with Crippen LogP contribution in [0.1, 0.15) is 48.8 Å². The SMILES string of the molecule is COC(=O)C1(C)OCC(CCCCc2nc(-c3ccc(C)c(C)c3)oc2C)CO1. The highest BCUT2D eigenvalue weighted by Crippen LogP contribution is 2.27. The third kappa shape index (κ3) is 5.06. The number of unbranched alkanes of at least 4 members (excludes halogenated alkanes) is 1. The number of aryl methyl sites for hydroxylation is 4. The van der Waals surface area contributed by atoms with Gasteiger partial charge in [-0.3, -0.25) is 0 Å². The number of rotatable bonds is 7. The maximum absolute atomic E-state index is 11.7. The summed E-state index contributed by atoms with van der Waals surface area (Å²) in [6.45, 7) is 8.79. The molecule has 1 aliphatic rings. The number of hydrogen-bond acceptors (Lipinski definition) is 6. The second-order valence-electron chi connectivity index (χ2n) is 7.99. The Balaban J connectivity index is 1.46. The van der Waals surface area contributed by atoms with Crippen molar-refractivity contribution in [2.24, 2.45) is 5.92 Å². The topological polar surface area (TPSA) is 70.8 Å². The first-order valence-electron chi connectivity index (χ1n) is 10.2. The maximum Gasteiger partial charge on any atom is 0.366 e. The summed E-state index contributed by atoms with van der Waals surface area (Å²) in [6, 6.07) is 6.28. The van der Waals surface area contributed by atoms with Crippen LogP contribution in [-0.4, -0.2) is 37.1 Å². The minimum Gasteiger partial charge on any atom is -0.465 e. The number of oxazole rings is 1. The molecule has 1 aromatic carbocycles. The summed E-state index contributed by atoms with van der Waals surface area (Å²) in [5.41, 5.74) is 4.54. The third-order valence-corrected chi connectivity index (χ3v) is 5.67. The van der Waals surface area contributed by atoms with Gasteiger partial charge in [0, 0.05) is 18.4 Å². The van der Waals surface area contributed by atoms with Crippen LogP contribution >= 0.6 is 0 Å². The smallest absolute Gasteiger partial charge is 0.366 e. The van der Waals surface area contributed by atoms with E-state index in [2.05, 4.69) is 32.0 Å². The minimum absolute atomic E-state index is 0.289. The van der Waals surface area contributed by atoms with Crippen LogP contribution in [0.15, 0.2) is 22.6 Å². The van der Waals surface area contributed by atoms with Gasteiger partial charge in [-0.25, -0.2) is 9.78 Å². The zero-order valence-corrected chi connectivity index (χ0v) is 18.0. The lowest BCUT2D eigenvalue weighted by Crippen LogP contribution is -2.48. The fraction of sp³-hybridized carbons (Fsp3) is 0.565. The number of benzene rings is 1. The van der Waals surface area contributed by atoms with E-state index in [0.717, 1.165) is 42.7 Å². The van der Waals surface area contributed by atoms with Crippen LogP contribution in [0.2, 0.25) is 0 Å². The molecule has 2 aromatic rings. The number of carbonyl (C=O) groups excluding carboxylic acids is 1. The van der Waals surface area contributed by atoms with Crippen LogP contribution in [0, 0.1) is 26.7 Å². The van der Waals surface area contributed by atoms with Gasteiger partial charge in [0.2, 0.25) is 5.89 Å². The van der Waals surface area contributed by atoms with Crippen LogP contribution in [0.25, 0.3) is 11.5 Å². The molecule has 1 aromatic heterocycles. The first-order valence-corrected chi connectivity index (χ1v) is 10.2. The van der Waals surface area contributed by atoms with Crippen molar-refractivity contribution < 1.29 is 23.4 Å². The van der Waals surface area contributed by atoms with Crippen LogP contribution in [0.5, 0.6) is 0 Å². The van der Waals surface area contributed by atoms with E-state index in [1.807, 2.05) is 6.92 Å². The summed E-state index contributed by atoms with van der Waals surface area (Å²) in [6.07, 6.45) is 3.93. The Morgan fingerprint density at radius 3 is 2.55 bits per heavy atom. The molecule has 0 unspecified atom stereocenters. The summed E-state index contributed by atoms with van der Waals surface area (Å²) in [7, 11) is 1.34. The second kappa shape index (κ2) is 9.09. The van der Waals surface area contributed by atoms with E-state index < -0.39 is 11.8 Å². The highest BCUT2D eigenvalue weighted by Gasteiger charge is 2.41. The van der Waals surface area contributed by atoms with Gasteiger partial charge >= 0.3 is 5.97 Å². The lowest BCUT2D eigenvalue weighted by atomic mass is 10.0. The molecule has 1 fully saturated rings. The van der Waals surface area contributed by atoms with Gasteiger partial charge < -0.3 is 18.6 Å². The fourth-order valence-electron chi connectivity index (χ4n) is 3.50. The number of nitrogens with zero attached hydrogens (tertiary/aromatic N) is 1. The Morgan fingerprint density at radius 2 is 1.90 bits per heavy atom. The first-order chi connectivity index (χ1) is 13.8. The Hall–Kier alpha value is -2.18. The van der Waals surface area contributed by atoms with E-state index in [4.69, 9.17) is 23.6 Å². The number of carbonyl (C=O) groups is 1. The number of esters is 1. The molecule has 0 aliphatic carbocycles. The van der Waals surface area contributed by atoms with Crippen molar-refractivity contribution in [3.05, 3.63) is 40.8 Å². The standard InChI is InChI=1S/C23H31NO5/c1-15-10-11-19(12-16(15)2)21-24-20(17(3)29-21)9-7-6-8-18-13-27-23(4,28-14-18)22(25)26-5/h10-12,18H,6-9,13-14H2,1-5H3. The molecule has 1 saturated heterocycles. The molecule has 0 atom stereocenters. The summed E-state index contributed by atoms with van der Waals surface area (Å²) in [5.74, 6) is 0.107. The number of ether oxygens (including phenoxy) is 3. The first kappa shape index (κ1) is 21.5. The number of methoxy groups -OCH3 is 1. The van der Waals surface area contributed by atoms with Gasteiger partial charge in [0.15, 0.2) is 0 Å². The van der Waals surface area contributed by atoms with Gasteiger partial charge in [-0.15, -0.1) is 0 Å². The Bertz CT molecular complexity index is 849. The summed E-state index contributed by atoms with van der Waals surface area (Å²) < 4.78 is 21.9. The lowest BCUT2D eigenvalue weighted by molar-refractivity contribution is -0.272. The molecule has 1 aliphatic heterocycles. The average Bonchev–Trinajstić information content (AvgIpc) is 3.08. The van der Waals surface area contributed by atoms with Crippen molar-refractivity contribution in [2.75, 3.05) is 20.3 Å². The molecule has 158 valence electrons. The van der Waals surface area contributed by atoms with Gasteiger partial charge in [-0.2, -0.15) is 0 Å². The van der Waals surface area contributed by atoms with Crippen LogP contribution in [-0.2, 0) is 25.4 Å². The molecule has 0 N–H and O–H groups in total. The molecule has 3 rings (SSSR count). The van der Waals surface area contributed by atoms with Gasteiger partial charge in [-0.1, -0.05) is 12.5 Å². The largest absolute Gasteiger partial charge is 0.465 e. The van der Waals surface area contributed by atoms with Gasteiger partial charge in [-0.05, 0) is 63.3 Å². The van der Waals surface area contributed by atoms with E-state index in [-0.39, 0.29) is 5.92 Å². The molecule has 6 heteroatoms. The predicted octanol–water partition coefficient (Wildman–Crippen LogP) is 4.53. The van der Waals surface area contributed by atoms with Crippen molar-refractivity contribution in [3.8, 4) is 11.5 Å². The van der Waals surface area contributed by atoms with E-state index in [1.54, 1.807) is 6.92 Å². The molecule has 0 radical (unpaired) electrons. The van der Waals surface area contributed by atoms with Crippen LogP contribution in [0.4, 0.5) is 0 Å². The normalized spacial score (nSPS) is 21.9. The van der Waals surface area contributed by atoms with Gasteiger partial charge in [0.1, 0.15) is 5.76 Å². The lowest BCUT2D eigenvalue weighted by Gasteiger charge is -2.35. The molecular formula is C23H31NO5. The van der Waals surface area contributed by atoms with Crippen molar-refractivity contribution in [2.45, 2.75) is 59.2 Å². The van der Waals surface area contributed by atoms with E-state index >= 15 is 0 Å². The highest BCUT2D eigenvalue weighted by molar-refractivity contribution is 5.77. The van der Waals surface area contributed by atoms with E-state index in [9.17, 15) is 4.79 Å². The Kier molecular flexibility index (Phi) is 6.75. The summed E-state index contributed by atoms with van der Waals surface area (Å²) in [5, 5.41) is 0. The summed E-state index contributed by atoms with van der Waals surface area (Å²) >= 11 is 0. The fourth-order valence-corrected chi connectivity index (χ4v) is 3.50. The van der Waals surface area contributed by atoms with Crippen LogP contribution in [0.3, 0.4) is 0 Å². The molecule has 2 heterocycles. The second-order valence-corrected chi connectivity index (χ2v) is 7.99. The molecular weight excluding hydrogens is 370 g/mol. The van der Waals surface area contributed by atoms with Crippen molar-refractivity contribution >= 4 is 5.97 Å². The predicted molar refractivity (Wildman–Crippen MR) is 110 cm³/mol. The van der Waals surface area contributed by atoms with Gasteiger partial charge in [0.25, 0.3) is 5.79 Å². The molecule has 0 amide bonds.